The molecule has 1 aromatic heterocycles. The van der Waals surface area contributed by atoms with Crippen molar-refractivity contribution in [3.63, 3.8) is 0 Å². The van der Waals surface area contributed by atoms with E-state index in [1.807, 2.05) is 0 Å². The molecule has 8 heteroatoms. The Morgan fingerprint density at radius 3 is 2.74 bits per heavy atom. The lowest BCUT2D eigenvalue weighted by atomic mass is 10.6. The minimum Gasteiger partial charge on any atom is -0.358 e. The molecule has 1 rings (SSSR count). The smallest absolute Gasteiger partial charge is 0.342 e. The fourth-order valence-corrected chi connectivity index (χ4v) is 3.07. The van der Waals surface area contributed by atoms with Crippen LogP contribution in [-0.2, 0) is 6.54 Å². The summed E-state index contributed by atoms with van der Waals surface area (Å²) in [5.41, 5.74) is 0. The molecule has 106 valence electrons. The Labute approximate surface area is 122 Å². The third kappa shape index (κ3) is 4.17. The second-order valence-corrected chi connectivity index (χ2v) is 5.59. The number of thiocarbonyl (C=S) groups is 1. The van der Waals surface area contributed by atoms with E-state index in [2.05, 4.69) is 23.7 Å². The Kier molecular flexibility index (Phi) is 6.23. The van der Waals surface area contributed by atoms with E-state index < -0.39 is 4.92 Å². The van der Waals surface area contributed by atoms with Gasteiger partial charge in [0.1, 0.15) is 17.1 Å². The van der Waals surface area contributed by atoms with E-state index in [9.17, 15) is 10.1 Å². The van der Waals surface area contributed by atoms with E-state index in [1.165, 1.54) is 6.20 Å². The number of hydrogen-bond acceptors (Lipinski definition) is 5. The highest BCUT2D eigenvalue weighted by Gasteiger charge is 2.17. The van der Waals surface area contributed by atoms with Gasteiger partial charge in [-0.1, -0.05) is 24.0 Å². The molecule has 0 atom stereocenters. The Bertz CT molecular complexity index is 458. The Morgan fingerprint density at radius 1 is 1.58 bits per heavy atom. The summed E-state index contributed by atoms with van der Waals surface area (Å²) >= 11 is 6.86. The van der Waals surface area contributed by atoms with Gasteiger partial charge in [-0.05, 0) is 18.8 Å². The number of aryl methyl sites for hydroxylation is 1. The van der Waals surface area contributed by atoms with Gasteiger partial charge in [-0.3, -0.25) is 0 Å². The van der Waals surface area contributed by atoms with Crippen molar-refractivity contribution >= 4 is 34.1 Å². The number of nitro groups is 1. The molecule has 0 aromatic carbocycles. The summed E-state index contributed by atoms with van der Waals surface area (Å²) in [7, 11) is 0. The number of aromatic nitrogens is 2. The maximum atomic E-state index is 10.8. The summed E-state index contributed by atoms with van der Waals surface area (Å²) in [4.78, 5) is 16.5. The van der Waals surface area contributed by atoms with Gasteiger partial charge in [-0.2, -0.15) is 0 Å². The lowest BCUT2D eigenvalue weighted by molar-refractivity contribution is -0.392. The molecule has 0 bridgehead atoms. The quantitative estimate of drug-likeness (QED) is 0.457. The third-order valence-electron chi connectivity index (χ3n) is 2.78. The van der Waals surface area contributed by atoms with Crippen molar-refractivity contribution in [1.29, 1.82) is 0 Å². The molecule has 0 amide bonds. The van der Waals surface area contributed by atoms with Crippen molar-refractivity contribution in [3.05, 3.63) is 22.1 Å². The van der Waals surface area contributed by atoms with Gasteiger partial charge in [0.25, 0.3) is 0 Å². The molecular weight excluding hydrogens is 284 g/mol. The molecule has 0 saturated carbocycles. The van der Waals surface area contributed by atoms with Gasteiger partial charge in [0.2, 0.25) is 0 Å². The number of imidazole rings is 1. The van der Waals surface area contributed by atoms with E-state index in [-0.39, 0.29) is 5.82 Å². The van der Waals surface area contributed by atoms with Crippen molar-refractivity contribution in [2.75, 3.05) is 18.8 Å². The number of nitrogens with zero attached hydrogens (tertiary/aromatic N) is 4. The molecular formula is C11H18N4O2S2. The highest BCUT2D eigenvalue weighted by Crippen LogP contribution is 2.16. The Hall–Kier alpha value is -1.15. The molecule has 6 nitrogen and oxygen atoms in total. The van der Waals surface area contributed by atoms with Crippen molar-refractivity contribution in [2.24, 2.45) is 0 Å². The van der Waals surface area contributed by atoms with Crippen molar-refractivity contribution in [2.45, 2.75) is 27.3 Å². The zero-order valence-electron chi connectivity index (χ0n) is 11.3. The van der Waals surface area contributed by atoms with Crippen LogP contribution >= 0.6 is 24.0 Å². The zero-order chi connectivity index (χ0) is 14.4. The number of thioether (sulfide) groups is 1. The van der Waals surface area contributed by atoms with Crippen LogP contribution in [0.5, 0.6) is 0 Å². The predicted molar refractivity (Wildman–Crippen MR) is 81.6 cm³/mol. The van der Waals surface area contributed by atoms with Crippen LogP contribution in [0.25, 0.3) is 0 Å². The Balaban J connectivity index is 2.56. The first-order valence-electron chi connectivity index (χ1n) is 6.09. The van der Waals surface area contributed by atoms with Gasteiger partial charge >= 0.3 is 5.82 Å². The van der Waals surface area contributed by atoms with Crippen LogP contribution in [0.15, 0.2) is 6.20 Å². The zero-order valence-corrected chi connectivity index (χ0v) is 13.0. The molecule has 0 fully saturated rings. The molecule has 0 spiro atoms. The van der Waals surface area contributed by atoms with Gasteiger partial charge < -0.3 is 15.0 Å². The lowest BCUT2D eigenvalue weighted by Gasteiger charge is -2.20. The van der Waals surface area contributed by atoms with E-state index in [1.54, 1.807) is 23.3 Å². The van der Waals surface area contributed by atoms with Gasteiger partial charge in [-0.15, -0.1) is 0 Å². The molecule has 0 aliphatic heterocycles. The van der Waals surface area contributed by atoms with Gasteiger partial charge in [-0.25, -0.2) is 9.55 Å². The first-order chi connectivity index (χ1) is 9.01. The standard InChI is InChI=1S/C11H18N4O2S2/c1-4-13(5-2)11(18)19-7-6-14-9(3)12-8-10(14)15(16)17/h8H,4-7H2,1-3H3. The summed E-state index contributed by atoms with van der Waals surface area (Å²) in [6, 6.07) is 0. The van der Waals surface area contributed by atoms with Crippen LogP contribution in [0.4, 0.5) is 5.82 Å². The molecule has 0 saturated heterocycles. The van der Waals surface area contributed by atoms with E-state index in [4.69, 9.17) is 12.2 Å². The number of rotatable bonds is 6. The van der Waals surface area contributed by atoms with Gasteiger partial charge in [0.15, 0.2) is 5.82 Å². The molecule has 1 aromatic rings. The summed E-state index contributed by atoms with van der Waals surface area (Å²) < 4.78 is 2.45. The van der Waals surface area contributed by atoms with Crippen molar-refractivity contribution < 1.29 is 4.92 Å². The normalized spacial score (nSPS) is 10.5. The first-order valence-corrected chi connectivity index (χ1v) is 7.48. The highest BCUT2D eigenvalue weighted by atomic mass is 32.2. The van der Waals surface area contributed by atoms with Crippen molar-refractivity contribution in [1.82, 2.24) is 14.5 Å². The lowest BCUT2D eigenvalue weighted by Crippen LogP contribution is -2.27. The second kappa shape index (κ2) is 7.44. The molecule has 0 aliphatic rings. The summed E-state index contributed by atoms with van der Waals surface area (Å²) in [6.07, 6.45) is 1.29. The topological polar surface area (TPSA) is 64.2 Å². The fraction of sp³-hybridized carbons (Fsp3) is 0.636. The maximum Gasteiger partial charge on any atom is 0.342 e. The minimum absolute atomic E-state index is 0.0341. The van der Waals surface area contributed by atoms with Crippen LogP contribution in [0, 0.1) is 17.0 Å². The fourth-order valence-electron chi connectivity index (χ4n) is 1.68. The maximum absolute atomic E-state index is 10.8. The molecule has 19 heavy (non-hydrogen) atoms. The highest BCUT2D eigenvalue weighted by molar-refractivity contribution is 8.22. The SMILES string of the molecule is CCN(CC)C(=S)SCCn1c([N+](=O)[O-])cnc1C. The van der Waals surface area contributed by atoms with Gasteiger partial charge in [0.05, 0.1) is 0 Å². The van der Waals surface area contributed by atoms with Crippen LogP contribution < -0.4 is 0 Å². The monoisotopic (exact) mass is 302 g/mol. The first kappa shape index (κ1) is 15.9. The van der Waals surface area contributed by atoms with Crippen LogP contribution in [0.3, 0.4) is 0 Å². The van der Waals surface area contributed by atoms with Crippen molar-refractivity contribution in [3.8, 4) is 0 Å². The molecule has 0 aliphatic carbocycles. The third-order valence-corrected chi connectivity index (χ3v) is 4.29. The van der Waals surface area contributed by atoms with Crippen LogP contribution in [0.2, 0.25) is 0 Å². The average molecular weight is 302 g/mol. The molecule has 1 heterocycles. The van der Waals surface area contributed by atoms with E-state index >= 15 is 0 Å². The summed E-state index contributed by atoms with van der Waals surface area (Å²) in [5.74, 6) is 1.39. The minimum atomic E-state index is -0.409. The van der Waals surface area contributed by atoms with E-state index in [0.29, 0.717) is 18.1 Å². The summed E-state index contributed by atoms with van der Waals surface area (Å²) in [5, 5.41) is 10.8. The van der Waals surface area contributed by atoms with E-state index in [0.717, 1.165) is 17.4 Å². The Morgan fingerprint density at radius 2 is 2.21 bits per heavy atom. The summed E-state index contributed by atoms with van der Waals surface area (Å²) in [6.45, 7) is 8.18. The largest absolute Gasteiger partial charge is 0.358 e. The van der Waals surface area contributed by atoms with Crippen LogP contribution in [-0.4, -0.2) is 42.5 Å². The van der Waals surface area contributed by atoms with Crippen LogP contribution in [0.1, 0.15) is 19.7 Å². The number of hydrogen-bond donors (Lipinski definition) is 0. The average Bonchev–Trinajstić information content (AvgIpc) is 2.73. The van der Waals surface area contributed by atoms with Gasteiger partial charge in [0, 0.05) is 25.8 Å². The molecule has 0 radical (unpaired) electrons. The second-order valence-electron chi connectivity index (χ2n) is 3.86. The molecule has 0 N–H and O–H groups in total. The predicted octanol–water partition coefficient (Wildman–Crippen LogP) is 2.46. The molecule has 0 unspecified atom stereocenters.